The Hall–Kier alpha value is -2.37. The molecule has 24 heavy (non-hydrogen) atoms. The van der Waals surface area contributed by atoms with E-state index < -0.39 is 0 Å². The van der Waals surface area contributed by atoms with Gasteiger partial charge in [0.2, 0.25) is 5.91 Å². The number of amides is 1. The molecule has 0 spiro atoms. The molecule has 2 aromatic rings. The summed E-state index contributed by atoms with van der Waals surface area (Å²) in [7, 11) is 1.65. The molecule has 1 aliphatic heterocycles. The predicted octanol–water partition coefficient (Wildman–Crippen LogP) is 2.80. The van der Waals surface area contributed by atoms with Crippen LogP contribution < -0.4 is 20.9 Å². The summed E-state index contributed by atoms with van der Waals surface area (Å²) in [6, 6.07) is 15.7. The first-order chi connectivity index (χ1) is 11.7. The van der Waals surface area contributed by atoms with Crippen molar-refractivity contribution in [3.05, 3.63) is 59.7 Å². The van der Waals surface area contributed by atoms with Crippen molar-refractivity contribution in [2.45, 2.75) is 31.8 Å². The number of hydrogen-bond acceptors (Lipinski definition) is 4. The molecule has 2 aromatic carbocycles. The summed E-state index contributed by atoms with van der Waals surface area (Å²) >= 11 is 0. The van der Waals surface area contributed by atoms with Crippen molar-refractivity contribution in [2.75, 3.05) is 12.4 Å². The van der Waals surface area contributed by atoms with E-state index in [-0.39, 0.29) is 18.0 Å². The molecule has 0 bridgehead atoms. The number of aryl methyl sites for hydroxylation is 1. The van der Waals surface area contributed by atoms with Gasteiger partial charge in [0.05, 0.1) is 7.11 Å². The quantitative estimate of drug-likeness (QED) is 0.791. The fraction of sp³-hybridized carbons (Fsp3) is 0.316. The summed E-state index contributed by atoms with van der Waals surface area (Å²) in [5, 5.41) is 2.96. The van der Waals surface area contributed by atoms with Crippen molar-refractivity contribution in [1.29, 1.82) is 0 Å². The molecule has 3 rings (SSSR count). The number of rotatable bonds is 5. The minimum absolute atomic E-state index is 0.0304. The maximum Gasteiger partial charge on any atom is 0.242 e. The number of anilines is 1. The van der Waals surface area contributed by atoms with Crippen LogP contribution in [-0.2, 0) is 11.2 Å². The van der Waals surface area contributed by atoms with Crippen molar-refractivity contribution >= 4 is 11.6 Å². The molecule has 5 heteroatoms. The average Bonchev–Trinajstić information content (AvgIpc) is 3.13. The first kappa shape index (κ1) is 16.5. The van der Waals surface area contributed by atoms with Gasteiger partial charge in [0, 0.05) is 11.7 Å². The fourth-order valence-corrected chi connectivity index (χ4v) is 2.86. The number of hydrazine groups is 1. The van der Waals surface area contributed by atoms with Gasteiger partial charge in [0.15, 0.2) is 0 Å². The lowest BCUT2D eigenvalue weighted by molar-refractivity contribution is -0.117. The van der Waals surface area contributed by atoms with Crippen molar-refractivity contribution < 1.29 is 9.53 Å². The summed E-state index contributed by atoms with van der Waals surface area (Å²) in [6.07, 6.45) is 1.68. The Balaban J connectivity index is 1.60. The maximum atomic E-state index is 12.4. The van der Waals surface area contributed by atoms with Gasteiger partial charge in [-0.15, -0.1) is 0 Å². The third-order valence-electron chi connectivity index (χ3n) is 4.35. The Morgan fingerprint density at radius 3 is 2.71 bits per heavy atom. The molecule has 1 saturated heterocycles. The van der Waals surface area contributed by atoms with Crippen molar-refractivity contribution in [1.82, 2.24) is 10.9 Å². The normalized spacial score (nSPS) is 19.9. The van der Waals surface area contributed by atoms with Gasteiger partial charge in [-0.05, 0) is 48.2 Å². The lowest BCUT2D eigenvalue weighted by Gasteiger charge is -2.12. The summed E-state index contributed by atoms with van der Waals surface area (Å²) in [5.41, 5.74) is 9.46. The first-order valence-corrected chi connectivity index (χ1v) is 8.24. The van der Waals surface area contributed by atoms with Crippen LogP contribution in [0, 0.1) is 0 Å². The third-order valence-corrected chi connectivity index (χ3v) is 4.35. The highest BCUT2D eigenvalue weighted by Crippen LogP contribution is 2.25. The van der Waals surface area contributed by atoms with Gasteiger partial charge >= 0.3 is 0 Å². The molecule has 0 aromatic heterocycles. The highest BCUT2D eigenvalue weighted by atomic mass is 16.5. The number of methoxy groups -OCH3 is 1. The van der Waals surface area contributed by atoms with Crippen LogP contribution in [0.5, 0.6) is 5.75 Å². The standard InChI is InChI=1S/C19H23N3O2/c1-3-13-7-9-15(10-8-13)20-19(23)18-12-17(21-22-18)14-5-4-6-16(11-14)24-2/h4-11,17-18,21-22H,3,12H2,1-2H3,(H,20,23). The number of benzene rings is 2. The van der Waals surface area contributed by atoms with Crippen LogP contribution in [-0.4, -0.2) is 19.1 Å². The Kier molecular flexibility index (Phi) is 5.13. The SMILES string of the molecule is CCc1ccc(NC(=O)C2CC(c3cccc(OC)c3)NN2)cc1. The molecule has 1 aliphatic rings. The van der Waals surface area contributed by atoms with E-state index in [9.17, 15) is 4.79 Å². The minimum atomic E-state index is -0.271. The van der Waals surface area contributed by atoms with Crippen LogP contribution in [0.4, 0.5) is 5.69 Å². The molecule has 0 saturated carbocycles. The zero-order valence-electron chi connectivity index (χ0n) is 14.0. The van der Waals surface area contributed by atoms with Crippen LogP contribution in [0.25, 0.3) is 0 Å². The van der Waals surface area contributed by atoms with Crippen molar-refractivity contribution in [3.8, 4) is 5.75 Å². The highest BCUT2D eigenvalue weighted by Gasteiger charge is 2.30. The van der Waals surface area contributed by atoms with E-state index in [0.717, 1.165) is 23.4 Å². The molecule has 0 radical (unpaired) electrons. The van der Waals surface area contributed by atoms with Crippen LogP contribution in [0.1, 0.15) is 30.5 Å². The Morgan fingerprint density at radius 2 is 2.00 bits per heavy atom. The van der Waals surface area contributed by atoms with Gasteiger partial charge in [-0.25, -0.2) is 10.9 Å². The highest BCUT2D eigenvalue weighted by molar-refractivity contribution is 5.95. The lowest BCUT2D eigenvalue weighted by Crippen LogP contribution is -2.39. The second-order valence-electron chi connectivity index (χ2n) is 5.95. The van der Waals surface area contributed by atoms with Gasteiger partial charge < -0.3 is 10.1 Å². The number of ether oxygens (including phenoxy) is 1. The minimum Gasteiger partial charge on any atom is -0.497 e. The third kappa shape index (κ3) is 3.75. The molecule has 5 nitrogen and oxygen atoms in total. The largest absolute Gasteiger partial charge is 0.497 e. The number of carbonyl (C=O) groups is 1. The smallest absolute Gasteiger partial charge is 0.242 e. The predicted molar refractivity (Wildman–Crippen MR) is 94.9 cm³/mol. The first-order valence-electron chi connectivity index (χ1n) is 8.24. The van der Waals surface area contributed by atoms with Gasteiger partial charge in [-0.1, -0.05) is 31.2 Å². The van der Waals surface area contributed by atoms with E-state index in [1.165, 1.54) is 5.56 Å². The van der Waals surface area contributed by atoms with Crippen molar-refractivity contribution in [2.24, 2.45) is 0 Å². The van der Waals surface area contributed by atoms with Gasteiger partial charge in [0.1, 0.15) is 11.8 Å². The van der Waals surface area contributed by atoms with Crippen LogP contribution in [0.15, 0.2) is 48.5 Å². The molecule has 1 heterocycles. The van der Waals surface area contributed by atoms with E-state index in [4.69, 9.17) is 4.74 Å². The van der Waals surface area contributed by atoms with E-state index in [1.54, 1.807) is 7.11 Å². The summed E-state index contributed by atoms with van der Waals surface area (Å²) in [5.74, 6) is 0.787. The summed E-state index contributed by atoms with van der Waals surface area (Å²) in [4.78, 5) is 12.4. The van der Waals surface area contributed by atoms with Gasteiger partial charge in [0.25, 0.3) is 0 Å². The average molecular weight is 325 g/mol. The Bertz CT molecular complexity index is 700. The second kappa shape index (κ2) is 7.47. The Morgan fingerprint density at radius 1 is 1.21 bits per heavy atom. The van der Waals surface area contributed by atoms with Crippen molar-refractivity contribution in [3.63, 3.8) is 0 Å². The molecule has 2 atom stereocenters. The summed E-state index contributed by atoms with van der Waals surface area (Å²) < 4.78 is 5.26. The molecule has 1 amide bonds. The maximum absolute atomic E-state index is 12.4. The molecular formula is C19H23N3O2. The van der Waals surface area contributed by atoms with Gasteiger partial charge in [-0.3, -0.25) is 4.79 Å². The molecule has 1 fully saturated rings. The molecule has 126 valence electrons. The second-order valence-corrected chi connectivity index (χ2v) is 5.95. The molecular weight excluding hydrogens is 302 g/mol. The molecule has 0 aliphatic carbocycles. The van der Waals surface area contributed by atoms with Crippen LogP contribution in [0.2, 0.25) is 0 Å². The zero-order valence-corrected chi connectivity index (χ0v) is 14.0. The van der Waals surface area contributed by atoms with Crippen LogP contribution in [0.3, 0.4) is 0 Å². The van der Waals surface area contributed by atoms with E-state index in [1.807, 2.05) is 48.5 Å². The van der Waals surface area contributed by atoms with E-state index in [0.29, 0.717) is 6.42 Å². The zero-order chi connectivity index (χ0) is 16.9. The van der Waals surface area contributed by atoms with Gasteiger partial charge in [-0.2, -0.15) is 0 Å². The van der Waals surface area contributed by atoms with E-state index >= 15 is 0 Å². The number of carbonyl (C=O) groups excluding carboxylic acids is 1. The Labute approximate surface area is 142 Å². The monoisotopic (exact) mass is 325 g/mol. The topological polar surface area (TPSA) is 62.4 Å². The van der Waals surface area contributed by atoms with Crippen LogP contribution >= 0.6 is 0 Å². The number of hydrogen-bond donors (Lipinski definition) is 3. The molecule has 3 N–H and O–H groups in total. The lowest BCUT2D eigenvalue weighted by atomic mass is 10.0. The summed E-state index contributed by atoms with van der Waals surface area (Å²) in [6.45, 7) is 2.11. The molecule has 2 unspecified atom stereocenters. The number of nitrogens with one attached hydrogen (secondary N) is 3. The van der Waals surface area contributed by atoms with E-state index in [2.05, 4.69) is 23.1 Å². The fourth-order valence-electron chi connectivity index (χ4n) is 2.86.